The van der Waals surface area contributed by atoms with E-state index < -0.39 is 17.3 Å². The number of rotatable bonds is 9. The van der Waals surface area contributed by atoms with E-state index in [4.69, 9.17) is 18.7 Å². The van der Waals surface area contributed by atoms with Gasteiger partial charge >= 0.3 is 156 Å². The van der Waals surface area contributed by atoms with Crippen LogP contribution in [0.5, 0.6) is 0 Å². The number of aliphatic imine (C=N–C) groups is 1. The van der Waals surface area contributed by atoms with Crippen LogP contribution in [0.3, 0.4) is 0 Å². The van der Waals surface area contributed by atoms with E-state index in [9.17, 15) is 0 Å². The van der Waals surface area contributed by atoms with Gasteiger partial charge in [-0.2, -0.15) is 0 Å². The molecule has 0 aliphatic carbocycles. The first-order valence-corrected chi connectivity index (χ1v) is 18.6. The Balaban J connectivity index is 2.36. The minimum atomic E-state index is -2.89. The third-order valence-electron chi connectivity index (χ3n) is 4.94. The standard InChI is InChI=1S/C12H14NO.2C4H9.ClH.Sn/c1-9(2)11-8-14-12(13-11)10-6-4-3-5-7-10;2*1-3-4-2;;/h3-6,9,11H,8H2,1-2H3;2*1,3-4H2,2H3;1H;/q;;;;+1/p-1. The predicted molar refractivity (Wildman–Crippen MR) is 108 cm³/mol. The van der Waals surface area contributed by atoms with E-state index in [1.165, 1.54) is 43.7 Å². The summed E-state index contributed by atoms with van der Waals surface area (Å²) < 4.78 is 9.81. The van der Waals surface area contributed by atoms with Gasteiger partial charge in [0.1, 0.15) is 0 Å². The molecule has 1 aliphatic rings. The molecule has 0 fully saturated rings. The zero-order chi connectivity index (χ0) is 17.6. The Morgan fingerprint density at radius 1 is 1.17 bits per heavy atom. The van der Waals surface area contributed by atoms with Crippen LogP contribution in [-0.4, -0.2) is 35.8 Å². The number of halogens is 1. The van der Waals surface area contributed by atoms with Gasteiger partial charge in [-0.3, -0.25) is 0 Å². The van der Waals surface area contributed by atoms with Gasteiger partial charge in [-0.15, -0.1) is 0 Å². The van der Waals surface area contributed by atoms with Gasteiger partial charge < -0.3 is 0 Å². The van der Waals surface area contributed by atoms with Crippen LogP contribution in [0.1, 0.15) is 58.9 Å². The Morgan fingerprint density at radius 3 is 2.33 bits per heavy atom. The van der Waals surface area contributed by atoms with Crippen LogP contribution in [0.25, 0.3) is 0 Å². The number of ether oxygens (including phenoxy) is 1. The van der Waals surface area contributed by atoms with E-state index in [1.807, 2.05) is 0 Å². The maximum absolute atomic E-state index is 7.40. The number of benzene rings is 1. The van der Waals surface area contributed by atoms with Gasteiger partial charge in [0.15, 0.2) is 0 Å². The van der Waals surface area contributed by atoms with Crippen molar-refractivity contribution in [1.82, 2.24) is 0 Å². The molecule has 0 amide bonds. The molecule has 1 aliphatic heterocycles. The van der Waals surface area contributed by atoms with Gasteiger partial charge in [0.05, 0.1) is 0 Å². The molecule has 24 heavy (non-hydrogen) atoms. The predicted octanol–water partition coefficient (Wildman–Crippen LogP) is 5.48. The van der Waals surface area contributed by atoms with Gasteiger partial charge in [-0.25, -0.2) is 0 Å². The Morgan fingerprint density at radius 2 is 1.79 bits per heavy atom. The van der Waals surface area contributed by atoms with Crippen LogP contribution in [-0.2, 0) is 4.74 Å². The fourth-order valence-corrected chi connectivity index (χ4v) is 16.7. The van der Waals surface area contributed by atoms with Gasteiger partial charge in [0.2, 0.25) is 0 Å². The van der Waals surface area contributed by atoms with Crippen LogP contribution in [0.2, 0.25) is 8.87 Å². The molecule has 0 saturated heterocycles. The van der Waals surface area contributed by atoms with Gasteiger partial charge in [0.25, 0.3) is 0 Å². The summed E-state index contributed by atoms with van der Waals surface area (Å²) in [5, 5.41) is 0. The summed E-state index contributed by atoms with van der Waals surface area (Å²) in [7, 11) is 7.40. The molecule has 0 saturated carbocycles. The van der Waals surface area contributed by atoms with Crippen LogP contribution < -0.4 is 3.58 Å². The average molecular weight is 457 g/mol. The summed E-state index contributed by atoms with van der Waals surface area (Å²) in [5.41, 5.74) is 1.18. The molecule has 0 N–H and O–H groups in total. The molecular weight excluding hydrogens is 424 g/mol. The van der Waals surface area contributed by atoms with Crippen molar-refractivity contribution in [3.63, 3.8) is 0 Å². The second-order valence-corrected chi connectivity index (χ2v) is 22.0. The van der Waals surface area contributed by atoms with E-state index in [2.05, 4.69) is 52.0 Å². The van der Waals surface area contributed by atoms with E-state index in [1.54, 1.807) is 0 Å². The molecule has 1 aromatic carbocycles. The Kier molecular flexibility index (Phi) is 7.93. The van der Waals surface area contributed by atoms with Crippen LogP contribution in [0.4, 0.5) is 0 Å². The number of hydrogen-bond acceptors (Lipinski definition) is 2. The SMILES string of the molecule is CCC[CH2][Sn]([Cl])([CH2]CCC)[c]1ccccc1C1=NC(C(C)C)CO1. The van der Waals surface area contributed by atoms with Crippen molar-refractivity contribution in [1.29, 1.82) is 0 Å². The summed E-state index contributed by atoms with van der Waals surface area (Å²) in [4.78, 5) is 4.86. The van der Waals surface area contributed by atoms with Gasteiger partial charge in [0, 0.05) is 0 Å². The monoisotopic (exact) mass is 457 g/mol. The zero-order valence-corrected chi connectivity index (χ0v) is 19.3. The fourth-order valence-electron chi connectivity index (χ4n) is 3.25. The molecule has 0 aromatic heterocycles. The first-order chi connectivity index (χ1) is 11.5. The Hall–Kier alpha value is -0.221. The molecule has 1 unspecified atom stereocenters. The van der Waals surface area contributed by atoms with E-state index in [0.29, 0.717) is 12.5 Å². The molecule has 0 bridgehead atoms. The summed E-state index contributed by atoms with van der Waals surface area (Å²) in [6.07, 6.45) is 4.90. The third-order valence-corrected chi connectivity index (χ3v) is 19.4. The molecular formula is C20H32ClNOSn. The number of unbranched alkanes of at least 4 members (excludes halogenated alkanes) is 2. The van der Waals surface area contributed by atoms with Gasteiger partial charge in [-0.1, -0.05) is 0 Å². The van der Waals surface area contributed by atoms with Gasteiger partial charge in [-0.05, 0) is 0 Å². The van der Waals surface area contributed by atoms with Crippen molar-refractivity contribution >= 4 is 35.6 Å². The second-order valence-electron chi connectivity index (χ2n) is 7.27. The second kappa shape index (κ2) is 9.47. The summed E-state index contributed by atoms with van der Waals surface area (Å²) in [5.74, 6) is 1.35. The Bertz CT molecular complexity index is 550. The quantitative estimate of drug-likeness (QED) is 0.451. The van der Waals surface area contributed by atoms with Crippen LogP contribution in [0.15, 0.2) is 29.3 Å². The number of hydrogen-bond donors (Lipinski definition) is 0. The average Bonchev–Trinajstić information content (AvgIpc) is 3.08. The van der Waals surface area contributed by atoms with E-state index in [-0.39, 0.29) is 6.04 Å². The topological polar surface area (TPSA) is 21.6 Å². The molecule has 1 aromatic rings. The summed E-state index contributed by atoms with van der Waals surface area (Å²) in [6, 6.07) is 8.94. The van der Waals surface area contributed by atoms with Crippen LogP contribution in [0, 0.1) is 5.92 Å². The molecule has 1 heterocycles. The maximum atomic E-state index is 7.40. The molecule has 2 rings (SSSR count). The van der Waals surface area contributed by atoms with Crippen LogP contribution >= 0.6 is 8.92 Å². The summed E-state index contributed by atoms with van der Waals surface area (Å²) >= 11 is -2.89. The van der Waals surface area contributed by atoms with Crippen molar-refractivity contribution in [2.45, 2.75) is 68.3 Å². The van der Waals surface area contributed by atoms with Crippen molar-refractivity contribution in [3.05, 3.63) is 29.8 Å². The molecule has 2 nitrogen and oxygen atoms in total. The van der Waals surface area contributed by atoms with Crippen molar-refractivity contribution in [2.24, 2.45) is 10.9 Å². The third kappa shape index (κ3) is 4.91. The first-order valence-electron chi connectivity index (χ1n) is 9.51. The van der Waals surface area contributed by atoms with E-state index >= 15 is 0 Å². The number of nitrogens with zero attached hydrogens (tertiary/aromatic N) is 1. The molecule has 0 spiro atoms. The molecule has 1 atom stereocenters. The normalized spacial score (nSPS) is 17.9. The zero-order valence-electron chi connectivity index (χ0n) is 15.6. The first kappa shape index (κ1) is 20.1. The summed E-state index contributed by atoms with van der Waals surface area (Å²) in [6.45, 7) is 9.63. The molecule has 4 heteroatoms. The van der Waals surface area contributed by atoms with E-state index in [0.717, 1.165) is 5.90 Å². The fraction of sp³-hybridized carbons (Fsp3) is 0.650. The molecule has 0 radical (unpaired) electrons. The van der Waals surface area contributed by atoms with Crippen molar-refractivity contribution in [2.75, 3.05) is 6.61 Å². The van der Waals surface area contributed by atoms with Crippen molar-refractivity contribution in [3.8, 4) is 0 Å². The Labute approximate surface area is 155 Å². The van der Waals surface area contributed by atoms with Crippen molar-refractivity contribution < 1.29 is 4.74 Å². The minimum absolute atomic E-state index is 0.277. The molecule has 134 valence electrons.